The molecule has 27 heavy (non-hydrogen) atoms. The molecule has 1 unspecified atom stereocenters. The van der Waals surface area contributed by atoms with E-state index in [1.165, 1.54) is 4.90 Å². The van der Waals surface area contributed by atoms with Crippen molar-refractivity contribution in [3.63, 3.8) is 0 Å². The Morgan fingerprint density at radius 2 is 2.07 bits per heavy atom. The first-order chi connectivity index (χ1) is 12.7. The van der Waals surface area contributed by atoms with E-state index in [0.29, 0.717) is 23.1 Å². The van der Waals surface area contributed by atoms with Crippen molar-refractivity contribution in [3.05, 3.63) is 41.0 Å². The van der Waals surface area contributed by atoms with E-state index in [4.69, 9.17) is 11.6 Å². The molecule has 0 saturated carbocycles. The van der Waals surface area contributed by atoms with E-state index in [-0.39, 0.29) is 12.0 Å². The van der Waals surface area contributed by atoms with E-state index in [1.807, 2.05) is 12.1 Å². The van der Waals surface area contributed by atoms with E-state index < -0.39 is 18.2 Å². The normalized spacial score (nSPS) is 15.6. The van der Waals surface area contributed by atoms with Gasteiger partial charge >= 0.3 is 6.03 Å². The van der Waals surface area contributed by atoms with Crippen LogP contribution in [0.3, 0.4) is 0 Å². The summed E-state index contributed by atoms with van der Waals surface area (Å²) in [6, 6.07) is 6.89. The molecule has 3 N–H and O–H groups in total. The predicted octanol–water partition coefficient (Wildman–Crippen LogP) is 2.25. The van der Waals surface area contributed by atoms with E-state index in [2.05, 4.69) is 15.3 Å². The molecule has 0 bridgehead atoms. The first kappa shape index (κ1) is 19.3. The standard InChI is InChI=1S/C18H22ClN5O3/c1-18(2,14(26)10-25)22-16-20-8-11-9-24(13-7-5-4-6-12(13)19)17(27)23(3)15(11)21-16/h4-8,14,25-26H,9-10H2,1-3H3,(H,20,21,22). The van der Waals surface area contributed by atoms with Crippen molar-refractivity contribution in [1.29, 1.82) is 0 Å². The lowest BCUT2D eigenvalue weighted by Crippen LogP contribution is -2.47. The van der Waals surface area contributed by atoms with Crippen molar-refractivity contribution in [2.75, 3.05) is 28.8 Å². The highest BCUT2D eigenvalue weighted by atomic mass is 35.5. The maximum absolute atomic E-state index is 12.8. The van der Waals surface area contributed by atoms with Crippen LogP contribution in [-0.2, 0) is 6.54 Å². The lowest BCUT2D eigenvalue weighted by atomic mass is 9.98. The first-order valence-corrected chi connectivity index (χ1v) is 8.85. The fraction of sp³-hybridized carbons (Fsp3) is 0.389. The minimum Gasteiger partial charge on any atom is -0.394 e. The molecular weight excluding hydrogens is 370 g/mol. The summed E-state index contributed by atoms with van der Waals surface area (Å²) >= 11 is 6.24. The van der Waals surface area contributed by atoms with Crippen molar-refractivity contribution >= 4 is 35.1 Å². The molecule has 1 aliphatic rings. The second kappa shape index (κ2) is 7.30. The molecule has 0 aliphatic carbocycles. The summed E-state index contributed by atoms with van der Waals surface area (Å²) in [6.45, 7) is 3.36. The van der Waals surface area contributed by atoms with Gasteiger partial charge in [0.05, 0.1) is 35.5 Å². The van der Waals surface area contributed by atoms with Crippen LogP contribution in [0.5, 0.6) is 0 Å². The summed E-state index contributed by atoms with van der Waals surface area (Å²) in [5.41, 5.74) is 0.545. The molecule has 8 nitrogen and oxygen atoms in total. The number of carbonyl (C=O) groups is 1. The number of anilines is 3. The number of carbonyl (C=O) groups excluding carboxylic acids is 1. The molecule has 0 saturated heterocycles. The second-order valence-corrected chi connectivity index (χ2v) is 7.37. The third kappa shape index (κ3) is 3.69. The number of nitrogens with zero attached hydrogens (tertiary/aromatic N) is 4. The number of rotatable bonds is 5. The van der Waals surface area contributed by atoms with Gasteiger partial charge in [-0.2, -0.15) is 4.98 Å². The molecule has 2 amide bonds. The summed E-state index contributed by atoms with van der Waals surface area (Å²) in [4.78, 5) is 24.6. The molecule has 1 atom stereocenters. The van der Waals surface area contributed by atoms with Crippen molar-refractivity contribution in [3.8, 4) is 0 Å². The van der Waals surface area contributed by atoms with Crippen LogP contribution in [0.2, 0.25) is 5.02 Å². The van der Waals surface area contributed by atoms with Gasteiger partial charge < -0.3 is 15.5 Å². The number of nitrogens with one attached hydrogen (secondary N) is 1. The number of fused-ring (bicyclic) bond motifs is 1. The van der Waals surface area contributed by atoms with Crippen LogP contribution in [0, 0.1) is 0 Å². The minimum atomic E-state index is -0.993. The summed E-state index contributed by atoms with van der Waals surface area (Å²) < 4.78 is 0. The Balaban J connectivity index is 1.91. The monoisotopic (exact) mass is 391 g/mol. The zero-order valence-corrected chi connectivity index (χ0v) is 16.1. The SMILES string of the molecule is CN1C(=O)N(c2ccccc2Cl)Cc2cnc(NC(C)(C)C(O)CO)nc21. The fourth-order valence-corrected chi connectivity index (χ4v) is 3.07. The third-order valence-corrected chi connectivity index (χ3v) is 4.91. The second-order valence-electron chi connectivity index (χ2n) is 6.97. The molecule has 1 aliphatic heterocycles. The number of benzene rings is 1. The van der Waals surface area contributed by atoms with Crippen molar-refractivity contribution in [1.82, 2.24) is 9.97 Å². The molecule has 9 heteroatoms. The molecule has 2 heterocycles. The van der Waals surface area contributed by atoms with E-state index in [9.17, 15) is 15.0 Å². The number of aromatic nitrogens is 2. The lowest BCUT2D eigenvalue weighted by molar-refractivity contribution is 0.0523. The number of hydrogen-bond donors (Lipinski definition) is 3. The maximum atomic E-state index is 12.8. The summed E-state index contributed by atoms with van der Waals surface area (Å²) in [5.74, 6) is 0.743. The Kier molecular flexibility index (Phi) is 5.23. The molecule has 0 fully saturated rings. The highest BCUT2D eigenvalue weighted by Gasteiger charge is 2.33. The summed E-state index contributed by atoms with van der Waals surface area (Å²) in [7, 11) is 1.63. The van der Waals surface area contributed by atoms with Crippen LogP contribution < -0.4 is 15.1 Å². The Bertz CT molecular complexity index is 861. The first-order valence-electron chi connectivity index (χ1n) is 8.47. The molecule has 1 aromatic carbocycles. The van der Waals surface area contributed by atoms with Crippen LogP contribution in [-0.4, -0.2) is 51.5 Å². The van der Waals surface area contributed by atoms with E-state index in [0.717, 1.165) is 5.56 Å². The van der Waals surface area contributed by atoms with Gasteiger partial charge in [-0.25, -0.2) is 9.78 Å². The van der Waals surface area contributed by atoms with Gasteiger partial charge in [-0.05, 0) is 26.0 Å². The van der Waals surface area contributed by atoms with Crippen molar-refractivity contribution < 1.29 is 15.0 Å². The number of para-hydroxylation sites is 1. The molecule has 2 aromatic rings. The average Bonchev–Trinajstić information content (AvgIpc) is 2.64. The van der Waals surface area contributed by atoms with Crippen LogP contribution in [0.1, 0.15) is 19.4 Å². The Labute approximate surface area is 162 Å². The van der Waals surface area contributed by atoms with Gasteiger partial charge in [-0.15, -0.1) is 0 Å². The van der Waals surface area contributed by atoms with Gasteiger partial charge in [-0.3, -0.25) is 9.80 Å². The third-order valence-electron chi connectivity index (χ3n) is 4.59. The number of amides is 2. The Morgan fingerprint density at radius 1 is 1.37 bits per heavy atom. The number of aliphatic hydroxyl groups is 2. The van der Waals surface area contributed by atoms with Crippen LogP contribution >= 0.6 is 11.6 Å². The van der Waals surface area contributed by atoms with Crippen molar-refractivity contribution in [2.45, 2.75) is 32.0 Å². The lowest BCUT2D eigenvalue weighted by Gasteiger charge is -2.35. The Morgan fingerprint density at radius 3 is 2.74 bits per heavy atom. The molecule has 144 valence electrons. The zero-order chi connectivity index (χ0) is 19.8. The van der Waals surface area contributed by atoms with Gasteiger partial charge in [0.1, 0.15) is 5.82 Å². The highest BCUT2D eigenvalue weighted by molar-refractivity contribution is 6.34. The summed E-state index contributed by atoms with van der Waals surface area (Å²) in [6.07, 6.45) is 0.644. The largest absolute Gasteiger partial charge is 0.394 e. The highest BCUT2D eigenvalue weighted by Crippen LogP contribution is 2.33. The van der Waals surface area contributed by atoms with Gasteiger partial charge in [0.2, 0.25) is 5.95 Å². The minimum absolute atomic E-state index is 0.255. The van der Waals surface area contributed by atoms with Crippen LogP contribution in [0.4, 0.5) is 22.2 Å². The number of hydrogen-bond acceptors (Lipinski definition) is 6. The smallest absolute Gasteiger partial charge is 0.330 e. The molecule has 0 spiro atoms. The zero-order valence-electron chi connectivity index (χ0n) is 15.3. The molecular formula is C18H22ClN5O3. The molecule has 0 radical (unpaired) electrons. The number of aliphatic hydroxyl groups excluding tert-OH is 2. The number of halogens is 1. The topological polar surface area (TPSA) is 102 Å². The van der Waals surface area contributed by atoms with Crippen LogP contribution in [0.25, 0.3) is 0 Å². The van der Waals surface area contributed by atoms with Gasteiger partial charge in [0.15, 0.2) is 0 Å². The van der Waals surface area contributed by atoms with Gasteiger partial charge in [-0.1, -0.05) is 23.7 Å². The quantitative estimate of drug-likeness (QED) is 0.722. The predicted molar refractivity (Wildman–Crippen MR) is 104 cm³/mol. The summed E-state index contributed by atoms with van der Waals surface area (Å²) in [5, 5.41) is 22.6. The molecule has 1 aromatic heterocycles. The van der Waals surface area contributed by atoms with Crippen molar-refractivity contribution in [2.24, 2.45) is 0 Å². The van der Waals surface area contributed by atoms with E-state index in [1.54, 1.807) is 44.1 Å². The fourth-order valence-electron chi connectivity index (χ4n) is 2.83. The van der Waals surface area contributed by atoms with E-state index >= 15 is 0 Å². The molecule has 3 rings (SSSR count). The van der Waals surface area contributed by atoms with Crippen LogP contribution in [0.15, 0.2) is 30.5 Å². The maximum Gasteiger partial charge on any atom is 0.330 e. The number of urea groups is 1. The average molecular weight is 392 g/mol. The van der Waals surface area contributed by atoms with Gasteiger partial charge in [0, 0.05) is 18.8 Å². The van der Waals surface area contributed by atoms with Gasteiger partial charge in [0.25, 0.3) is 0 Å². The Hall–Kier alpha value is -2.42.